The van der Waals surface area contributed by atoms with Crippen LogP contribution in [0.1, 0.15) is 0 Å². The zero-order valence-electron chi connectivity index (χ0n) is 10.9. The standard InChI is InChI=1S/C11H25NO6/c1-12(2-4-17-8-10(15)6-13)3-5-18-9-11(16)7-14/h10-11,13-16H,2-9H2,1H3. The lowest BCUT2D eigenvalue weighted by molar-refractivity contribution is -0.00791. The zero-order chi connectivity index (χ0) is 13.8. The Hall–Kier alpha value is -0.280. The van der Waals surface area contributed by atoms with E-state index in [0.29, 0.717) is 26.3 Å². The topological polar surface area (TPSA) is 103 Å². The van der Waals surface area contributed by atoms with Crippen molar-refractivity contribution in [1.82, 2.24) is 4.90 Å². The number of nitrogens with zero attached hydrogens (tertiary/aromatic N) is 1. The van der Waals surface area contributed by atoms with Crippen molar-refractivity contribution in [2.45, 2.75) is 12.2 Å². The minimum Gasteiger partial charge on any atom is -0.394 e. The van der Waals surface area contributed by atoms with Gasteiger partial charge in [-0.15, -0.1) is 0 Å². The minimum absolute atomic E-state index is 0.129. The Morgan fingerprint density at radius 2 is 1.28 bits per heavy atom. The number of ether oxygens (including phenoxy) is 2. The van der Waals surface area contributed by atoms with Gasteiger partial charge in [0.25, 0.3) is 0 Å². The van der Waals surface area contributed by atoms with E-state index in [1.54, 1.807) is 0 Å². The first-order valence-corrected chi connectivity index (χ1v) is 6.02. The summed E-state index contributed by atoms with van der Waals surface area (Å²) in [6, 6.07) is 0. The van der Waals surface area contributed by atoms with E-state index in [0.717, 1.165) is 0 Å². The van der Waals surface area contributed by atoms with E-state index >= 15 is 0 Å². The van der Waals surface area contributed by atoms with Gasteiger partial charge in [0.15, 0.2) is 0 Å². The molecule has 2 unspecified atom stereocenters. The van der Waals surface area contributed by atoms with E-state index in [-0.39, 0.29) is 26.4 Å². The van der Waals surface area contributed by atoms with Gasteiger partial charge in [-0.25, -0.2) is 0 Å². The molecule has 0 rings (SSSR count). The Morgan fingerprint density at radius 1 is 0.889 bits per heavy atom. The van der Waals surface area contributed by atoms with Gasteiger partial charge in [-0.1, -0.05) is 0 Å². The van der Waals surface area contributed by atoms with Crippen molar-refractivity contribution < 1.29 is 29.9 Å². The van der Waals surface area contributed by atoms with Crippen LogP contribution in [0.4, 0.5) is 0 Å². The fourth-order valence-electron chi connectivity index (χ4n) is 1.10. The number of rotatable bonds is 12. The Kier molecular flexibility index (Phi) is 11.6. The molecule has 0 fully saturated rings. The Balaban J connectivity index is 3.29. The summed E-state index contributed by atoms with van der Waals surface area (Å²) in [4.78, 5) is 1.98. The molecule has 0 aromatic heterocycles. The molecule has 0 aromatic carbocycles. The minimum atomic E-state index is -0.821. The Labute approximate surface area is 108 Å². The molecule has 0 saturated carbocycles. The smallest absolute Gasteiger partial charge is 0.100 e. The van der Waals surface area contributed by atoms with Crippen LogP contribution in [-0.4, -0.2) is 97.3 Å². The maximum atomic E-state index is 9.02. The van der Waals surface area contributed by atoms with E-state index in [1.807, 2.05) is 11.9 Å². The molecule has 0 heterocycles. The molecule has 0 saturated heterocycles. The van der Waals surface area contributed by atoms with Gasteiger partial charge >= 0.3 is 0 Å². The highest BCUT2D eigenvalue weighted by Crippen LogP contribution is 1.89. The Bertz CT molecular complexity index is 165. The normalized spacial score (nSPS) is 15.0. The van der Waals surface area contributed by atoms with Gasteiger partial charge in [-0.05, 0) is 7.05 Å². The van der Waals surface area contributed by atoms with E-state index in [1.165, 1.54) is 0 Å². The number of aliphatic hydroxyl groups excluding tert-OH is 4. The molecule has 0 spiro atoms. The molecule has 0 radical (unpaired) electrons. The number of aliphatic hydroxyl groups is 4. The summed E-state index contributed by atoms with van der Waals surface area (Å²) in [7, 11) is 1.90. The van der Waals surface area contributed by atoms with Gasteiger partial charge < -0.3 is 34.8 Å². The van der Waals surface area contributed by atoms with Crippen LogP contribution in [-0.2, 0) is 9.47 Å². The first kappa shape index (κ1) is 17.7. The first-order chi connectivity index (χ1) is 8.60. The number of likely N-dealkylation sites (N-methyl/N-ethyl adjacent to an activating group) is 1. The van der Waals surface area contributed by atoms with Crippen molar-refractivity contribution in [3.05, 3.63) is 0 Å². The van der Waals surface area contributed by atoms with Crippen molar-refractivity contribution in [3.63, 3.8) is 0 Å². The molecule has 0 aliphatic rings. The van der Waals surface area contributed by atoms with Gasteiger partial charge in [0.05, 0.1) is 39.6 Å². The average Bonchev–Trinajstić information content (AvgIpc) is 2.38. The van der Waals surface area contributed by atoms with Crippen LogP contribution in [0.2, 0.25) is 0 Å². The highest BCUT2D eigenvalue weighted by Gasteiger charge is 2.04. The SMILES string of the molecule is CN(CCOCC(O)CO)CCOCC(O)CO. The summed E-state index contributed by atoms with van der Waals surface area (Å²) in [5.74, 6) is 0. The molecule has 18 heavy (non-hydrogen) atoms. The molecule has 0 bridgehead atoms. The molecule has 110 valence electrons. The van der Waals surface area contributed by atoms with Crippen LogP contribution < -0.4 is 0 Å². The molecule has 7 nitrogen and oxygen atoms in total. The fourth-order valence-corrected chi connectivity index (χ4v) is 1.10. The quantitative estimate of drug-likeness (QED) is 0.294. The van der Waals surface area contributed by atoms with Crippen LogP contribution in [0, 0.1) is 0 Å². The van der Waals surface area contributed by atoms with Crippen LogP contribution >= 0.6 is 0 Å². The third kappa shape index (κ3) is 10.8. The van der Waals surface area contributed by atoms with Gasteiger partial charge in [0.1, 0.15) is 12.2 Å². The monoisotopic (exact) mass is 267 g/mol. The summed E-state index contributed by atoms with van der Waals surface area (Å²) >= 11 is 0. The van der Waals surface area contributed by atoms with Gasteiger partial charge in [0.2, 0.25) is 0 Å². The van der Waals surface area contributed by atoms with Gasteiger partial charge in [-0.3, -0.25) is 0 Å². The van der Waals surface area contributed by atoms with Crippen molar-refractivity contribution in [2.75, 3.05) is 59.8 Å². The van der Waals surface area contributed by atoms with Crippen LogP contribution in [0.25, 0.3) is 0 Å². The lowest BCUT2D eigenvalue weighted by Crippen LogP contribution is -2.30. The molecule has 2 atom stereocenters. The molecule has 0 amide bonds. The van der Waals surface area contributed by atoms with E-state index in [2.05, 4.69) is 0 Å². The van der Waals surface area contributed by atoms with Crippen LogP contribution in [0.3, 0.4) is 0 Å². The van der Waals surface area contributed by atoms with Gasteiger partial charge in [0, 0.05) is 13.1 Å². The largest absolute Gasteiger partial charge is 0.394 e. The van der Waals surface area contributed by atoms with Crippen molar-refractivity contribution in [1.29, 1.82) is 0 Å². The molecular weight excluding hydrogens is 242 g/mol. The summed E-state index contributed by atoms with van der Waals surface area (Å²) in [5, 5.41) is 35.2. The van der Waals surface area contributed by atoms with Crippen molar-refractivity contribution >= 4 is 0 Å². The fraction of sp³-hybridized carbons (Fsp3) is 1.00. The van der Waals surface area contributed by atoms with E-state index in [4.69, 9.17) is 29.9 Å². The maximum absolute atomic E-state index is 9.02. The van der Waals surface area contributed by atoms with E-state index in [9.17, 15) is 0 Å². The number of hydrogen-bond acceptors (Lipinski definition) is 7. The lowest BCUT2D eigenvalue weighted by Gasteiger charge is -2.17. The maximum Gasteiger partial charge on any atom is 0.100 e. The van der Waals surface area contributed by atoms with E-state index < -0.39 is 12.2 Å². The predicted molar refractivity (Wildman–Crippen MR) is 65.3 cm³/mol. The zero-order valence-corrected chi connectivity index (χ0v) is 10.9. The lowest BCUT2D eigenvalue weighted by atomic mass is 10.4. The number of hydrogen-bond donors (Lipinski definition) is 4. The predicted octanol–water partition coefficient (Wildman–Crippen LogP) is -2.34. The summed E-state index contributed by atoms with van der Waals surface area (Å²) in [5.41, 5.74) is 0. The second-order valence-electron chi connectivity index (χ2n) is 4.13. The van der Waals surface area contributed by atoms with Gasteiger partial charge in [-0.2, -0.15) is 0 Å². The highest BCUT2D eigenvalue weighted by molar-refractivity contribution is 4.54. The van der Waals surface area contributed by atoms with Crippen molar-refractivity contribution in [2.24, 2.45) is 0 Å². The molecule has 0 aromatic rings. The second-order valence-corrected chi connectivity index (χ2v) is 4.13. The molecule has 4 N–H and O–H groups in total. The summed E-state index contributed by atoms with van der Waals surface area (Å²) in [6.45, 7) is 1.97. The summed E-state index contributed by atoms with van der Waals surface area (Å²) in [6.07, 6.45) is -1.64. The molecule has 0 aliphatic heterocycles. The second kappa shape index (κ2) is 11.8. The van der Waals surface area contributed by atoms with Crippen molar-refractivity contribution in [3.8, 4) is 0 Å². The van der Waals surface area contributed by atoms with Crippen LogP contribution in [0.15, 0.2) is 0 Å². The molecule has 7 heteroatoms. The molecule has 0 aliphatic carbocycles. The average molecular weight is 267 g/mol. The third-order valence-electron chi connectivity index (χ3n) is 2.28. The highest BCUT2D eigenvalue weighted by atomic mass is 16.5. The molecular formula is C11H25NO6. The third-order valence-corrected chi connectivity index (χ3v) is 2.28. The summed E-state index contributed by atoms with van der Waals surface area (Å²) < 4.78 is 10.3. The van der Waals surface area contributed by atoms with Crippen LogP contribution in [0.5, 0.6) is 0 Å². The first-order valence-electron chi connectivity index (χ1n) is 6.02. The Morgan fingerprint density at radius 3 is 1.61 bits per heavy atom.